The quantitative estimate of drug-likeness (QED) is 0.819. The molecule has 0 N–H and O–H groups in total. The lowest BCUT2D eigenvalue weighted by atomic mass is 9.89. The van der Waals surface area contributed by atoms with Crippen LogP contribution in [0.1, 0.15) is 39.2 Å². The fourth-order valence-corrected chi connectivity index (χ4v) is 2.95. The van der Waals surface area contributed by atoms with Gasteiger partial charge in [0.2, 0.25) is 0 Å². The van der Waals surface area contributed by atoms with Gasteiger partial charge in [0.25, 0.3) is 0 Å². The third-order valence-corrected chi connectivity index (χ3v) is 4.38. The molecule has 1 aliphatic rings. The number of hydrogen-bond acceptors (Lipinski definition) is 2. The normalized spacial score (nSPS) is 21.7. The minimum Gasteiger partial charge on any atom is -0.371 e. The Hall–Kier alpha value is -1.31. The Morgan fingerprint density at radius 1 is 1.26 bits per heavy atom. The van der Waals surface area contributed by atoms with Gasteiger partial charge in [0.05, 0.1) is 0 Å². The van der Waals surface area contributed by atoms with Crippen LogP contribution in [0.4, 0.5) is 5.69 Å². The van der Waals surface area contributed by atoms with Crippen molar-refractivity contribution in [3.05, 3.63) is 29.8 Å². The second-order valence-corrected chi connectivity index (χ2v) is 6.36. The van der Waals surface area contributed by atoms with Crippen molar-refractivity contribution in [3.8, 4) is 0 Å². The topological polar surface area (TPSA) is 20.3 Å². The highest BCUT2D eigenvalue weighted by atomic mass is 16.1. The fourth-order valence-electron chi connectivity index (χ4n) is 2.95. The molecule has 2 nitrogen and oxygen atoms in total. The van der Waals surface area contributed by atoms with Crippen molar-refractivity contribution in [3.63, 3.8) is 0 Å². The number of ketones is 1. The maximum atomic E-state index is 12.3. The lowest BCUT2D eigenvalue weighted by Gasteiger charge is -2.26. The standard InChI is InChI=1S/C17H25NO/c1-5-18(15-8-6-13(2)7-9-15)12-14-10-11-17(3,4)16(14)19/h6-9,14H,5,10-12H2,1-4H3. The molecule has 0 saturated heterocycles. The van der Waals surface area contributed by atoms with E-state index >= 15 is 0 Å². The van der Waals surface area contributed by atoms with Crippen LogP contribution in [0.3, 0.4) is 0 Å². The van der Waals surface area contributed by atoms with Gasteiger partial charge in [-0.2, -0.15) is 0 Å². The second-order valence-electron chi connectivity index (χ2n) is 6.36. The number of benzene rings is 1. The summed E-state index contributed by atoms with van der Waals surface area (Å²) in [5.41, 5.74) is 2.39. The van der Waals surface area contributed by atoms with Gasteiger partial charge in [-0.3, -0.25) is 4.79 Å². The van der Waals surface area contributed by atoms with Gasteiger partial charge in [0.15, 0.2) is 0 Å². The Morgan fingerprint density at radius 2 is 1.89 bits per heavy atom. The van der Waals surface area contributed by atoms with E-state index in [-0.39, 0.29) is 11.3 Å². The van der Waals surface area contributed by atoms with E-state index in [1.807, 2.05) is 0 Å². The summed E-state index contributed by atoms with van der Waals surface area (Å²) in [5.74, 6) is 0.648. The van der Waals surface area contributed by atoms with E-state index < -0.39 is 0 Å². The number of rotatable bonds is 4. The molecule has 2 heteroatoms. The smallest absolute Gasteiger partial charge is 0.143 e. The molecule has 1 aromatic rings. The summed E-state index contributed by atoms with van der Waals surface area (Å²) >= 11 is 0. The average Bonchev–Trinajstić information content (AvgIpc) is 2.64. The predicted molar refractivity (Wildman–Crippen MR) is 80.6 cm³/mol. The molecule has 1 atom stereocenters. The van der Waals surface area contributed by atoms with Crippen molar-refractivity contribution >= 4 is 11.5 Å². The molecule has 0 radical (unpaired) electrons. The molecular weight excluding hydrogens is 234 g/mol. The van der Waals surface area contributed by atoms with Gasteiger partial charge in [0, 0.05) is 30.1 Å². The van der Waals surface area contributed by atoms with Crippen molar-refractivity contribution < 1.29 is 4.79 Å². The summed E-state index contributed by atoms with van der Waals surface area (Å²) in [6.45, 7) is 10.2. The van der Waals surface area contributed by atoms with Crippen LogP contribution in [0.5, 0.6) is 0 Å². The molecule has 19 heavy (non-hydrogen) atoms. The van der Waals surface area contributed by atoms with Crippen LogP contribution >= 0.6 is 0 Å². The number of anilines is 1. The van der Waals surface area contributed by atoms with Gasteiger partial charge >= 0.3 is 0 Å². The SMILES string of the molecule is CCN(CC1CCC(C)(C)C1=O)c1ccc(C)cc1. The maximum absolute atomic E-state index is 12.3. The lowest BCUT2D eigenvalue weighted by Crippen LogP contribution is -2.33. The molecule has 1 unspecified atom stereocenters. The predicted octanol–water partition coefficient (Wildman–Crippen LogP) is 3.83. The summed E-state index contributed by atoms with van der Waals surface area (Å²) in [4.78, 5) is 14.7. The van der Waals surface area contributed by atoms with E-state index in [4.69, 9.17) is 0 Å². The zero-order valence-electron chi connectivity index (χ0n) is 12.6. The highest BCUT2D eigenvalue weighted by Gasteiger charge is 2.40. The van der Waals surface area contributed by atoms with Gasteiger partial charge < -0.3 is 4.90 Å². The molecule has 0 aromatic heterocycles. The molecule has 104 valence electrons. The van der Waals surface area contributed by atoms with Gasteiger partial charge in [-0.05, 0) is 38.8 Å². The highest BCUT2D eigenvalue weighted by Crippen LogP contribution is 2.38. The Labute approximate surface area is 116 Å². The van der Waals surface area contributed by atoms with Crippen LogP contribution in [0.2, 0.25) is 0 Å². The van der Waals surface area contributed by atoms with Crippen LogP contribution in [0, 0.1) is 18.3 Å². The summed E-state index contributed by atoms with van der Waals surface area (Å²) in [7, 11) is 0. The zero-order valence-corrected chi connectivity index (χ0v) is 12.6. The maximum Gasteiger partial charge on any atom is 0.143 e. The molecule has 0 bridgehead atoms. The van der Waals surface area contributed by atoms with E-state index in [1.54, 1.807) is 0 Å². The van der Waals surface area contributed by atoms with Crippen LogP contribution in [-0.4, -0.2) is 18.9 Å². The summed E-state index contributed by atoms with van der Waals surface area (Å²) in [6, 6.07) is 8.59. The second kappa shape index (κ2) is 5.36. The number of nitrogens with zero attached hydrogens (tertiary/aromatic N) is 1. The minimum absolute atomic E-state index is 0.114. The molecule has 0 aliphatic heterocycles. The molecule has 2 rings (SSSR count). The van der Waals surface area contributed by atoms with Gasteiger partial charge in [-0.25, -0.2) is 0 Å². The van der Waals surface area contributed by atoms with Crippen LogP contribution in [0.15, 0.2) is 24.3 Å². The Bertz CT molecular complexity index is 447. The van der Waals surface area contributed by atoms with Crippen molar-refractivity contribution in [2.75, 3.05) is 18.0 Å². The monoisotopic (exact) mass is 259 g/mol. The van der Waals surface area contributed by atoms with Crippen molar-refractivity contribution in [2.45, 2.75) is 40.5 Å². The highest BCUT2D eigenvalue weighted by molar-refractivity contribution is 5.88. The number of aryl methyl sites for hydroxylation is 1. The molecule has 1 aliphatic carbocycles. The van der Waals surface area contributed by atoms with Crippen LogP contribution < -0.4 is 4.90 Å². The Kier molecular flexibility index (Phi) is 3.98. The molecule has 1 aromatic carbocycles. The van der Waals surface area contributed by atoms with E-state index in [2.05, 4.69) is 56.9 Å². The lowest BCUT2D eigenvalue weighted by molar-refractivity contribution is -0.127. The molecule has 0 heterocycles. The largest absolute Gasteiger partial charge is 0.371 e. The van der Waals surface area contributed by atoms with Gasteiger partial charge in [-0.1, -0.05) is 31.5 Å². The number of hydrogen-bond donors (Lipinski definition) is 0. The molecular formula is C17H25NO. The van der Waals surface area contributed by atoms with Crippen molar-refractivity contribution in [1.29, 1.82) is 0 Å². The minimum atomic E-state index is -0.114. The van der Waals surface area contributed by atoms with E-state index in [0.717, 1.165) is 25.9 Å². The fraction of sp³-hybridized carbons (Fsp3) is 0.588. The Morgan fingerprint density at radius 3 is 2.37 bits per heavy atom. The van der Waals surface area contributed by atoms with E-state index in [9.17, 15) is 4.79 Å². The average molecular weight is 259 g/mol. The van der Waals surface area contributed by atoms with Gasteiger partial charge in [-0.15, -0.1) is 0 Å². The first-order valence-corrected chi connectivity index (χ1v) is 7.30. The summed E-state index contributed by atoms with van der Waals surface area (Å²) < 4.78 is 0. The summed E-state index contributed by atoms with van der Waals surface area (Å²) in [5, 5.41) is 0. The Balaban J connectivity index is 2.08. The van der Waals surface area contributed by atoms with Crippen LogP contribution in [0.25, 0.3) is 0 Å². The third-order valence-electron chi connectivity index (χ3n) is 4.38. The first-order valence-electron chi connectivity index (χ1n) is 7.30. The molecule has 0 spiro atoms. The molecule has 1 saturated carbocycles. The van der Waals surface area contributed by atoms with Crippen molar-refractivity contribution in [2.24, 2.45) is 11.3 Å². The van der Waals surface area contributed by atoms with Crippen molar-refractivity contribution in [1.82, 2.24) is 0 Å². The number of carbonyl (C=O) groups excluding carboxylic acids is 1. The molecule has 1 fully saturated rings. The van der Waals surface area contributed by atoms with Crippen LogP contribution in [-0.2, 0) is 4.79 Å². The first kappa shape index (κ1) is 14.1. The van der Waals surface area contributed by atoms with E-state index in [0.29, 0.717) is 5.78 Å². The number of Topliss-reactive ketones (excluding diaryl/α,β-unsaturated/α-hetero) is 1. The third kappa shape index (κ3) is 2.99. The van der Waals surface area contributed by atoms with Gasteiger partial charge in [0.1, 0.15) is 5.78 Å². The van der Waals surface area contributed by atoms with E-state index in [1.165, 1.54) is 11.3 Å². The number of carbonyl (C=O) groups is 1. The first-order chi connectivity index (χ1) is 8.94. The molecule has 0 amide bonds. The summed E-state index contributed by atoms with van der Waals surface area (Å²) in [6.07, 6.45) is 2.07. The zero-order chi connectivity index (χ0) is 14.0.